The number of nitrogens with zero attached hydrogens (tertiary/aromatic N) is 4. The average Bonchev–Trinajstić information content (AvgIpc) is 3.52. The number of fused-ring (bicyclic) bond motifs is 1. The fourth-order valence-corrected chi connectivity index (χ4v) is 4.22. The maximum Gasteiger partial charge on any atom is 0.268 e. The second kappa shape index (κ2) is 8.07. The molecule has 0 unspecified atom stereocenters. The van der Waals surface area contributed by atoms with E-state index >= 15 is 0 Å². The van der Waals surface area contributed by atoms with Gasteiger partial charge in [0, 0.05) is 18.2 Å². The average molecular weight is 428 g/mol. The Balaban J connectivity index is 1.38. The van der Waals surface area contributed by atoms with Gasteiger partial charge in [-0.1, -0.05) is 38.1 Å². The second-order valence-electron chi connectivity index (χ2n) is 8.46. The molecule has 7 heteroatoms. The van der Waals surface area contributed by atoms with Gasteiger partial charge in [-0.15, -0.1) is 10.2 Å². The van der Waals surface area contributed by atoms with E-state index in [2.05, 4.69) is 46.6 Å². The molecule has 5 rings (SSSR count). The standard InChI is InChI=1S/C25H25N5O2/c1-15(2)23-14-22(25-28-27-16(3)32-25)29-30(23)19-11-8-18(9-12-19)24(31)26-21-13-10-17-6-4-5-7-20(17)21/h4-9,11-12,14-15,21H,10,13H2,1-3H3,(H,26,31)/t21-/m1/s1. The van der Waals surface area contributed by atoms with Crippen LogP contribution < -0.4 is 5.32 Å². The first kappa shape index (κ1) is 20.2. The first-order valence-corrected chi connectivity index (χ1v) is 10.9. The number of hydrogen-bond donors (Lipinski definition) is 1. The summed E-state index contributed by atoms with van der Waals surface area (Å²) < 4.78 is 7.41. The Morgan fingerprint density at radius 3 is 2.62 bits per heavy atom. The van der Waals surface area contributed by atoms with Gasteiger partial charge in [-0.05, 0) is 60.2 Å². The highest BCUT2D eigenvalue weighted by molar-refractivity contribution is 5.94. The summed E-state index contributed by atoms with van der Waals surface area (Å²) in [5.41, 5.74) is 5.70. The molecule has 2 aromatic heterocycles. The topological polar surface area (TPSA) is 85.8 Å². The molecule has 32 heavy (non-hydrogen) atoms. The van der Waals surface area contributed by atoms with Gasteiger partial charge >= 0.3 is 0 Å². The smallest absolute Gasteiger partial charge is 0.268 e. The van der Waals surface area contributed by atoms with Crippen LogP contribution in [0.5, 0.6) is 0 Å². The van der Waals surface area contributed by atoms with Gasteiger partial charge < -0.3 is 9.73 Å². The van der Waals surface area contributed by atoms with Gasteiger partial charge in [0.2, 0.25) is 5.89 Å². The van der Waals surface area contributed by atoms with Crippen LogP contribution in [0.25, 0.3) is 17.3 Å². The van der Waals surface area contributed by atoms with Gasteiger partial charge in [-0.2, -0.15) is 5.10 Å². The molecule has 7 nitrogen and oxygen atoms in total. The molecular formula is C25H25N5O2. The van der Waals surface area contributed by atoms with E-state index in [1.807, 2.05) is 47.1 Å². The molecule has 0 spiro atoms. The molecule has 0 saturated carbocycles. The summed E-state index contributed by atoms with van der Waals surface area (Å²) in [6.07, 6.45) is 1.94. The van der Waals surface area contributed by atoms with Crippen molar-refractivity contribution in [3.63, 3.8) is 0 Å². The molecule has 1 aliphatic carbocycles. The summed E-state index contributed by atoms with van der Waals surface area (Å²) >= 11 is 0. The summed E-state index contributed by atoms with van der Waals surface area (Å²) in [7, 11) is 0. The normalized spacial score (nSPS) is 15.2. The number of aryl methyl sites for hydroxylation is 2. The van der Waals surface area contributed by atoms with Crippen molar-refractivity contribution in [2.45, 2.75) is 45.6 Å². The van der Waals surface area contributed by atoms with Crippen molar-refractivity contribution in [2.75, 3.05) is 0 Å². The first-order valence-electron chi connectivity index (χ1n) is 10.9. The molecule has 0 bridgehead atoms. The third-order valence-corrected chi connectivity index (χ3v) is 5.89. The van der Waals surface area contributed by atoms with Crippen LogP contribution in [0.2, 0.25) is 0 Å². The quantitative estimate of drug-likeness (QED) is 0.496. The Labute approximate surface area is 186 Å². The second-order valence-corrected chi connectivity index (χ2v) is 8.46. The molecule has 4 aromatic rings. The fourth-order valence-electron chi connectivity index (χ4n) is 4.22. The number of aromatic nitrogens is 4. The Morgan fingerprint density at radius 2 is 1.91 bits per heavy atom. The lowest BCUT2D eigenvalue weighted by Crippen LogP contribution is -2.27. The van der Waals surface area contributed by atoms with E-state index in [1.165, 1.54) is 11.1 Å². The molecular weight excluding hydrogens is 402 g/mol. The summed E-state index contributed by atoms with van der Waals surface area (Å²) in [6, 6.07) is 17.9. The lowest BCUT2D eigenvalue weighted by atomic mass is 10.1. The molecule has 1 amide bonds. The number of carbonyl (C=O) groups excluding carboxylic acids is 1. The van der Waals surface area contributed by atoms with Crippen LogP contribution in [0.4, 0.5) is 0 Å². The minimum atomic E-state index is -0.0650. The van der Waals surface area contributed by atoms with E-state index in [-0.39, 0.29) is 17.9 Å². The van der Waals surface area contributed by atoms with Crippen molar-refractivity contribution < 1.29 is 9.21 Å². The van der Waals surface area contributed by atoms with E-state index in [0.717, 1.165) is 24.2 Å². The predicted molar refractivity (Wildman–Crippen MR) is 121 cm³/mol. The Morgan fingerprint density at radius 1 is 1.12 bits per heavy atom. The van der Waals surface area contributed by atoms with E-state index < -0.39 is 0 Å². The van der Waals surface area contributed by atoms with Crippen LogP contribution in [0, 0.1) is 6.92 Å². The molecule has 2 aromatic carbocycles. The number of nitrogens with one attached hydrogen (secondary N) is 1. The highest BCUT2D eigenvalue weighted by atomic mass is 16.4. The zero-order valence-electron chi connectivity index (χ0n) is 18.4. The SMILES string of the molecule is Cc1nnc(-c2cc(C(C)C)n(-c3ccc(C(=O)N[C@@H]4CCc5ccccc54)cc3)n2)o1. The zero-order valence-corrected chi connectivity index (χ0v) is 18.4. The van der Waals surface area contributed by atoms with Crippen molar-refractivity contribution in [3.8, 4) is 17.3 Å². The Bertz CT molecular complexity index is 1270. The molecule has 162 valence electrons. The van der Waals surface area contributed by atoms with Crippen molar-refractivity contribution in [2.24, 2.45) is 0 Å². The Kier molecular flexibility index (Phi) is 5.09. The molecule has 1 N–H and O–H groups in total. The van der Waals surface area contributed by atoms with Crippen LogP contribution in [0.1, 0.15) is 65.3 Å². The zero-order chi connectivity index (χ0) is 22.2. The number of carbonyl (C=O) groups is 1. The van der Waals surface area contributed by atoms with Gasteiger partial charge in [-0.3, -0.25) is 4.79 Å². The number of amides is 1. The third-order valence-electron chi connectivity index (χ3n) is 5.89. The van der Waals surface area contributed by atoms with E-state index in [4.69, 9.17) is 4.42 Å². The van der Waals surface area contributed by atoms with E-state index in [9.17, 15) is 4.79 Å². The molecule has 0 saturated heterocycles. The van der Waals surface area contributed by atoms with Gasteiger partial charge in [0.25, 0.3) is 11.8 Å². The monoisotopic (exact) mass is 427 g/mol. The van der Waals surface area contributed by atoms with Crippen LogP contribution in [0.15, 0.2) is 59.0 Å². The maximum atomic E-state index is 12.9. The van der Waals surface area contributed by atoms with E-state index in [1.54, 1.807) is 6.92 Å². The molecule has 1 aliphatic rings. The van der Waals surface area contributed by atoms with Crippen LogP contribution >= 0.6 is 0 Å². The summed E-state index contributed by atoms with van der Waals surface area (Å²) in [6.45, 7) is 5.97. The minimum absolute atomic E-state index is 0.0650. The summed E-state index contributed by atoms with van der Waals surface area (Å²) in [4.78, 5) is 12.9. The van der Waals surface area contributed by atoms with Gasteiger partial charge in [0.15, 0.2) is 0 Å². The lowest BCUT2D eigenvalue weighted by Gasteiger charge is -2.15. The van der Waals surface area contributed by atoms with Crippen LogP contribution in [-0.4, -0.2) is 25.9 Å². The lowest BCUT2D eigenvalue weighted by molar-refractivity contribution is 0.0936. The first-order chi connectivity index (χ1) is 15.5. The van der Waals surface area contributed by atoms with E-state index in [0.29, 0.717) is 23.0 Å². The maximum absolute atomic E-state index is 12.9. The van der Waals surface area contributed by atoms with Crippen LogP contribution in [-0.2, 0) is 6.42 Å². The molecule has 0 radical (unpaired) electrons. The number of hydrogen-bond acceptors (Lipinski definition) is 5. The highest BCUT2D eigenvalue weighted by Gasteiger charge is 2.24. The molecule has 2 heterocycles. The van der Waals surface area contributed by atoms with Crippen molar-refractivity contribution in [3.05, 3.63) is 82.9 Å². The Hall–Kier alpha value is -3.74. The molecule has 1 atom stereocenters. The third kappa shape index (κ3) is 3.70. The van der Waals surface area contributed by atoms with Crippen molar-refractivity contribution in [1.82, 2.24) is 25.3 Å². The van der Waals surface area contributed by atoms with Gasteiger partial charge in [0.05, 0.1) is 11.7 Å². The number of benzene rings is 2. The minimum Gasteiger partial charge on any atom is -0.420 e. The van der Waals surface area contributed by atoms with Crippen LogP contribution in [0.3, 0.4) is 0 Å². The molecule has 0 aliphatic heterocycles. The van der Waals surface area contributed by atoms with Crippen molar-refractivity contribution >= 4 is 5.91 Å². The molecule has 0 fully saturated rings. The van der Waals surface area contributed by atoms with Crippen molar-refractivity contribution in [1.29, 1.82) is 0 Å². The predicted octanol–water partition coefficient (Wildman–Crippen LogP) is 4.77. The summed E-state index contributed by atoms with van der Waals surface area (Å²) in [5.74, 6) is 1.08. The van der Waals surface area contributed by atoms with Gasteiger partial charge in [0.1, 0.15) is 5.69 Å². The fraction of sp³-hybridized carbons (Fsp3) is 0.280. The largest absolute Gasteiger partial charge is 0.420 e. The highest BCUT2D eigenvalue weighted by Crippen LogP contribution is 2.31. The summed E-state index contributed by atoms with van der Waals surface area (Å²) in [5, 5.41) is 15.8. The number of rotatable bonds is 5. The van der Waals surface area contributed by atoms with Gasteiger partial charge in [-0.25, -0.2) is 4.68 Å².